The van der Waals surface area contributed by atoms with Crippen LogP contribution in [0.2, 0.25) is 0 Å². The maximum Gasteiger partial charge on any atom is 0.491 e. The Bertz CT molecular complexity index is 747. The van der Waals surface area contributed by atoms with E-state index in [0.29, 0.717) is 23.9 Å². The normalized spacial score (nSPS) is 22.6. The summed E-state index contributed by atoms with van der Waals surface area (Å²) in [4.78, 5) is 25.2. The summed E-state index contributed by atoms with van der Waals surface area (Å²) in [6.45, 7) is 5.25. The number of esters is 2. The monoisotopic (exact) mass is 385 g/mol. The molecular formula is C19H22F3NO4. The second kappa shape index (κ2) is 7.50. The van der Waals surface area contributed by atoms with Gasteiger partial charge >= 0.3 is 18.1 Å². The van der Waals surface area contributed by atoms with Crippen LogP contribution in [0.15, 0.2) is 12.1 Å². The molecule has 148 valence electrons. The van der Waals surface area contributed by atoms with Crippen LogP contribution in [0.1, 0.15) is 37.8 Å². The molecule has 8 heteroatoms. The van der Waals surface area contributed by atoms with Crippen molar-refractivity contribution in [3.8, 4) is 11.5 Å². The minimum Gasteiger partial charge on any atom is -0.422 e. The van der Waals surface area contributed by atoms with Crippen molar-refractivity contribution < 1.29 is 32.2 Å². The van der Waals surface area contributed by atoms with Gasteiger partial charge in [-0.2, -0.15) is 13.2 Å². The van der Waals surface area contributed by atoms with E-state index in [-0.39, 0.29) is 11.5 Å². The van der Waals surface area contributed by atoms with E-state index in [1.165, 1.54) is 13.0 Å². The summed E-state index contributed by atoms with van der Waals surface area (Å²) in [6, 6.07) is 3.31. The van der Waals surface area contributed by atoms with Crippen LogP contribution in [0.3, 0.4) is 0 Å². The minimum atomic E-state index is -5.13. The molecule has 0 bridgehead atoms. The summed E-state index contributed by atoms with van der Waals surface area (Å²) in [5.74, 6) is -3.11. The van der Waals surface area contributed by atoms with Crippen LogP contribution >= 0.6 is 0 Å². The number of alkyl halides is 3. The summed E-state index contributed by atoms with van der Waals surface area (Å²) in [5.41, 5.74) is 1.58. The number of rotatable bonds is 3. The highest BCUT2D eigenvalue weighted by molar-refractivity contribution is 5.80. The van der Waals surface area contributed by atoms with E-state index in [2.05, 4.69) is 16.6 Å². The van der Waals surface area contributed by atoms with E-state index in [1.54, 1.807) is 6.07 Å². The molecule has 0 aromatic heterocycles. The van der Waals surface area contributed by atoms with Crippen molar-refractivity contribution in [2.24, 2.45) is 5.92 Å². The SMILES string of the molecule is CCN1CCC[C@H]2Cc3c(ccc(OC(=O)C(F)(F)F)c3OC(C)=O)C[C@@H]21. The molecule has 5 nitrogen and oxygen atoms in total. The van der Waals surface area contributed by atoms with Crippen molar-refractivity contribution in [1.29, 1.82) is 0 Å². The number of fused-ring (bicyclic) bond motifs is 2. The summed E-state index contributed by atoms with van der Waals surface area (Å²) < 4.78 is 47.4. The first-order valence-corrected chi connectivity index (χ1v) is 9.07. The first kappa shape index (κ1) is 19.7. The molecule has 2 atom stereocenters. The molecule has 1 fully saturated rings. The first-order chi connectivity index (χ1) is 12.7. The molecule has 0 radical (unpaired) electrons. The maximum atomic E-state index is 12.6. The molecule has 1 aromatic rings. The van der Waals surface area contributed by atoms with Gasteiger partial charge in [0.15, 0.2) is 11.5 Å². The van der Waals surface area contributed by atoms with Crippen LogP contribution in [0.5, 0.6) is 11.5 Å². The molecular weight excluding hydrogens is 363 g/mol. The fourth-order valence-electron chi connectivity index (χ4n) is 4.18. The number of likely N-dealkylation sites (tertiary alicyclic amines) is 1. The Labute approximate surface area is 155 Å². The van der Waals surface area contributed by atoms with E-state index >= 15 is 0 Å². The summed E-state index contributed by atoms with van der Waals surface area (Å²) in [5, 5.41) is 0. The number of benzene rings is 1. The lowest BCUT2D eigenvalue weighted by molar-refractivity contribution is -0.189. The third-order valence-corrected chi connectivity index (χ3v) is 5.34. The third-order valence-electron chi connectivity index (χ3n) is 5.34. The van der Waals surface area contributed by atoms with Gasteiger partial charge in [0.25, 0.3) is 0 Å². The van der Waals surface area contributed by atoms with Crippen LogP contribution in [0.4, 0.5) is 13.2 Å². The van der Waals surface area contributed by atoms with E-state index < -0.39 is 18.1 Å². The van der Waals surface area contributed by atoms with Crippen molar-refractivity contribution in [1.82, 2.24) is 4.90 Å². The molecule has 0 amide bonds. The zero-order valence-corrected chi connectivity index (χ0v) is 15.3. The molecule has 1 aromatic carbocycles. The lowest BCUT2D eigenvalue weighted by Gasteiger charge is -2.44. The Kier molecular flexibility index (Phi) is 5.46. The lowest BCUT2D eigenvalue weighted by Crippen LogP contribution is -2.49. The molecule has 1 heterocycles. The van der Waals surface area contributed by atoms with Crippen LogP contribution < -0.4 is 9.47 Å². The Morgan fingerprint density at radius 3 is 2.59 bits per heavy atom. The number of halogens is 3. The van der Waals surface area contributed by atoms with E-state index in [1.807, 2.05) is 0 Å². The molecule has 3 rings (SSSR count). The number of nitrogens with zero attached hydrogens (tertiary/aromatic N) is 1. The minimum absolute atomic E-state index is 0.0651. The maximum absolute atomic E-state index is 12.6. The Balaban J connectivity index is 1.97. The fraction of sp³-hybridized carbons (Fsp3) is 0.579. The van der Waals surface area contributed by atoms with E-state index in [9.17, 15) is 22.8 Å². The number of hydrogen-bond acceptors (Lipinski definition) is 5. The number of ether oxygens (including phenoxy) is 2. The second-order valence-electron chi connectivity index (χ2n) is 7.02. The predicted molar refractivity (Wildman–Crippen MR) is 90.6 cm³/mol. The third kappa shape index (κ3) is 4.10. The zero-order chi connectivity index (χ0) is 19.8. The van der Waals surface area contributed by atoms with E-state index in [4.69, 9.17) is 4.74 Å². The van der Waals surface area contributed by atoms with E-state index in [0.717, 1.165) is 37.9 Å². The number of piperidine rings is 1. The molecule has 2 aliphatic rings. The van der Waals surface area contributed by atoms with Gasteiger partial charge in [-0.1, -0.05) is 13.0 Å². The quantitative estimate of drug-likeness (QED) is 0.590. The zero-order valence-electron chi connectivity index (χ0n) is 15.3. The Morgan fingerprint density at radius 2 is 1.96 bits per heavy atom. The van der Waals surface area contributed by atoms with Gasteiger partial charge in [0.1, 0.15) is 0 Å². The average molecular weight is 385 g/mol. The van der Waals surface area contributed by atoms with Gasteiger partial charge in [-0.3, -0.25) is 4.79 Å². The summed E-state index contributed by atoms with van der Waals surface area (Å²) in [7, 11) is 0. The molecule has 0 saturated carbocycles. The second-order valence-corrected chi connectivity index (χ2v) is 7.02. The van der Waals surface area contributed by atoms with Crippen molar-refractivity contribution in [2.45, 2.75) is 51.7 Å². The number of likely N-dealkylation sites (N-methyl/N-ethyl adjacent to an activating group) is 1. The van der Waals surface area contributed by atoms with Gasteiger partial charge in [-0.15, -0.1) is 0 Å². The van der Waals surface area contributed by atoms with Crippen LogP contribution in [0.25, 0.3) is 0 Å². The fourth-order valence-corrected chi connectivity index (χ4v) is 4.18. The Hall–Kier alpha value is -2.09. The predicted octanol–water partition coefficient (Wildman–Crippen LogP) is 3.28. The molecule has 1 aliphatic carbocycles. The van der Waals surface area contributed by atoms with Crippen molar-refractivity contribution in [2.75, 3.05) is 13.1 Å². The standard InChI is InChI=1S/C19H22F3NO4/c1-3-23-8-4-5-13-9-14-12(10-15(13)23)6-7-16(17(14)26-11(2)24)27-18(25)19(20,21)22/h6-7,13,15H,3-5,8-10H2,1-2H3/t13-,15-/m0/s1. The summed E-state index contributed by atoms with van der Waals surface area (Å²) in [6.07, 6.45) is -1.76. The topological polar surface area (TPSA) is 55.8 Å². The van der Waals surface area contributed by atoms with Gasteiger partial charge < -0.3 is 14.4 Å². The van der Waals surface area contributed by atoms with Gasteiger partial charge in [-0.25, -0.2) is 4.79 Å². The van der Waals surface area contributed by atoms with Crippen molar-refractivity contribution in [3.05, 3.63) is 23.3 Å². The van der Waals surface area contributed by atoms with Gasteiger partial charge in [0.05, 0.1) is 0 Å². The van der Waals surface area contributed by atoms with Crippen LogP contribution in [0, 0.1) is 5.92 Å². The highest BCUT2D eigenvalue weighted by atomic mass is 19.4. The molecule has 0 unspecified atom stereocenters. The number of carbonyl (C=O) groups excluding carboxylic acids is 2. The highest BCUT2D eigenvalue weighted by Crippen LogP contribution is 2.43. The van der Waals surface area contributed by atoms with Gasteiger partial charge in [0.2, 0.25) is 0 Å². The molecule has 27 heavy (non-hydrogen) atoms. The summed E-state index contributed by atoms with van der Waals surface area (Å²) >= 11 is 0. The van der Waals surface area contributed by atoms with Gasteiger partial charge in [0, 0.05) is 18.5 Å². The molecule has 0 N–H and O–H groups in total. The highest BCUT2D eigenvalue weighted by Gasteiger charge is 2.43. The average Bonchev–Trinajstić information content (AvgIpc) is 2.60. The number of carbonyl (C=O) groups is 2. The first-order valence-electron chi connectivity index (χ1n) is 9.07. The largest absolute Gasteiger partial charge is 0.491 e. The lowest BCUT2D eigenvalue weighted by atomic mass is 9.75. The van der Waals surface area contributed by atoms with Gasteiger partial charge in [-0.05, 0) is 56.3 Å². The molecule has 1 aliphatic heterocycles. The molecule has 0 spiro atoms. The number of hydrogen-bond donors (Lipinski definition) is 0. The van der Waals surface area contributed by atoms with Crippen LogP contribution in [-0.4, -0.2) is 42.1 Å². The molecule has 1 saturated heterocycles. The van der Waals surface area contributed by atoms with Crippen LogP contribution in [-0.2, 0) is 22.4 Å². The van der Waals surface area contributed by atoms with Crippen molar-refractivity contribution in [3.63, 3.8) is 0 Å². The smallest absolute Gasteiger partial charge is 0.422 e. The Morgan fingerprint density at radius 1 is 1.22 bits per heavy atom. The van der Waals surface area contributed by atoms with Crippen molar-refractivity contribution >= 4 is 11.9 Å².